The lowest BCUT2D eigenvalue weighted by Crippen LogP contribution is -2.47. The Balaban J connectivity index is 1.84. The second-order valence-electron chi connectivity index (χ2n) is 7.04. The van der Waals surface area contributed by atoms with Gasteiger partial charge in [-0.25, -0.2) is 4.79 Å². The summed E-state index contributed by atoms with van der Waals surface area (Å²) in [5, 5.41) is 15.0. The van der Waals surface area contributed by atoms with Gasteiger partial charge in [0.15, 0.2) is 0 Å². The number of carbonyl (C=O) groups excluding carboxylic acids is 1. The molecule has 1 aliphatic heterocycles. The van der Waals surface area contributed by atoms with Gasteiger partial charge in [0.1, 0.15) is 12.1 Å². The van der Waals surface area contributed by atoms with E-state index in [4.69, 9.17) is 5.73 Å². The third-order valence-corrected chi connectivity index (χ3v) is 5.19. The summed E-state index contributed by atoms with van der Waals surface area (Å²) in [5.74, 6) is -1.06. The fourth-order valence-electron chi connectivity index (χ4n) is 3.78. The highest BCUT2D eigenvalue weighted by Gasteiger charge is 2.37. The summed E-state index contributed by atoms with van der Waals surface area (Å²) >= 11 is 0. The average Bonchev–Trinajstić information content (AvgIpc) is 3.17. The molecule has 27 heavy (non-hydrogen) atoms. The first kappa shape index (κ1) is 19.2. The molecule has 0 aromatic heterocycles. The van der Waals surface area contributed by atoms with Crippen LogP contribution in [-0.4, -0.2) is 47.1 Å². The van der Waals surface area contributed by atoms with Crippen molar-refractivity contribution < 1.29 is 14.7 Å². The molecule has 0 spiro atoms. The van der Waals surface area contributed by atoms with Crippen LogP contribution in [0.25, 0.3) is 10.8 Å². The Morgan fingerprint density at radius 3 is 2.74 bits per heavy atom. The Bertz CT molecular complexity index is 803. The van der Waals surface area contributed by atoms with E-state index < -0.39 is 18.1 Å². The summed E-state index contributed by atoms with van der Waals surface area (Å²) in [6.45, 7) is 1.08. The molecule has 1 unspecified atom stereocenters. The van der Waals surface area contributed by atoms with E-state index in [-0.39, 0.29) is 5.91 Å². The molecule has 144 valence electrons. The summed E-state index contributed by atoms with van der Waals surface area (Å²) in [4.78, 5) is 26.2. The van der Waals surface area contributed by atoms with Crippen LogP contribution in [-0.2, 0) is 9.59 Å². The predicted octanol–water partition coefficient (Wildman–Crippen LogP) is 2.82. The molecule has 1 amide bonds. The Morgan fingerprint density at radius 2 is 1.96 bits per heavy atom. The van der Waals surface area contributed by atoms with Gasteiger partial charge in [0, 0.05) is 17.6 Å². The van der Waals surface area contributed by atoms with Crippen molar-refractivity contribution in [2.75, 3.05) is 18.4 Å². The van der Waals surface area contributed by atoms with Crippen molar-refractivity contribution in [3.63, 3.8) is 0 Å². The minimum Gasteiger partial charge on any atom is -0.480 e. The number of fused-ring (bicyclic) bond motifs is 1. The average molecular weight is 369 g/mol. The van der Waals surface area contributed by atoms with E-state index in [9.17, 15) is 14.7 Å². The highest BCUT2D eigenvalue weighted by Crippen LogP contribution is 2.26. The fourth-order valence-corrected chi connectivity index (χ4v) is 3.78. The summed E-state index contributed by atoms with van der Waals surface area (Å²) < 4.78 is 0. The maximum absolute atomic E-state index is 13.2. The minimum atomic E-state index is -0.924. The zero-order valence-corrected chi connectivity index (χ0v) is 15.4. The van der Waals surface area contributed by atoms with Gasteiger partial charge >= 0.3 is 5.97 Å². The van der Waals surface area contributed by atoms with Crippen LogP contribution in [0.2, 0.25) is 0 Å². The molecule has 4 N–H and O–H groups in total. The Hall–Kier alpha value is -2.60. The number of nitrogens with one attached hydrogen (secondary N) is 1. The van der Waals surface area contributed by atoms with E-state index in [0.29, 0.717) is 25.9 Å². The normalized spacial score (nSPS) is 17.8. The van der Waals surface area contributed by atoms with Gasteiger partial charge in [0.2, 0.25) is 5.91 Å². The number of aliphatic carboxylic acids is 1. The predicted molar refractivity (Wildman–Crippen MR) is 107 cm³/mol. The van der Waals surface area contributed by atoms with Gasteiger partial charge in [-0.05, 0) is 50.1 Å². The van der Waals surface area contributed by atoms with Crippen LogP contribution in [0.15, 0.2) is 42.5 Å². The topological polar surface area (TPSA) is 95.7 Å². The van der Waals surface area contributed by atoms with Crippen molar-refractivity contribution in [2.45, 2.75) is 44.2 Å². The van der Waals surface area contributed by atoms with Gasteiger partial charge in [0.05, 0.1) is 0 Å². The molecule has 1 aliphatic rings. The van der Waals surface area contributed by atoms with E-state index in [1.165, 1.54) is 4.90 Å². The molecular weight excluding hydrogens is 342 g/mol. The minimum absolute atomic E-state index is 0.134. The van der Waals surface area contributed by atoms with Crippen LogP contribution in [0.1, 0.15) is 32.1 Å². The maximum atomic E-state index is 13.2. The quantitative estimate of drug-likeness (QED) is 0.622. The SMILES string of the molecule is NCCCCC(Nc1cccc2ccccc12)C(=O)N1CCC[C@@H]1C(=O)O. The van der Waals surface area contributed by atoms with Crippen LogP contribution in [0.3, 0.4) is 0 Å². The van der Waals surface area contributed by atoms with Crippen LogP contribution in [0.4, 0.5) is 5.69 Å². The monoisotopic (exact) mass is 369 g/mol. The summed E-state index contributed by atoms with van der Waals surface area (Å²) in [6.07, 6.45) is 3.53. The molecule has 0 bridgehead atoms. The summed E-state index contributed by atoms with van der Waals surface area (Å²) in [5.41, 5.74) is 6.50. The number of benzene rings is 2. The number of rotatable bonds is 8. The van der Waals surface area contributed by atoms with Crippen molar-refractivity contribution in [2.24, 2.45) is 5.73 Å². The lowest BCUT2D eigenvalue weighted by molar-refractivity contribution is -0.148. The zero-order chi connectivity index (χ0) is 19.2. The van der Waals surface area contributed by atoms with Crippen molar-refractivity contribution in [1.29, 1.82) is 0 Å². The molecule has 1 saturated heterocycles. The maximum Gasteiger partial charge on any atom is 0.326 e. The number of nitrogens with two attached hydrogens (primary N) is 1. The number of unbranched alkanes of at least 4 members (excludes halogenated alkanes) is 1. The molecule has 6 nitrogen and oxygen atoms in total. The van der Waals surface area contributed by atoms with Crippen molar-refractivity contribution in [1.82, 2.24) is 4.90 Å². The molecule has 2 aromatic rings. The zero-order valence-electron chi connectivity index (χ0n) is 15.4. The molecule has 0 aliphatic carbocycles. The number of hydrogen-bond donors (Lipinski definition) is 3. The van der Waals surface area contributed by atoms with Gasteiger partial charge < -0.3 is 21.1 Å². The van der Waals surface area contributed by atoms with Gasteiger partial charge in [0.25, 0.3) is 0 Å². The Kier molecular flexibility index (Phi) is 6.29. The number of nitrogens with zero attached hydrogens (tertiary/aromatic N) is 1. The van der Waals surface area contributed by atoms with Crippen molar-refractivity contribution in [3.05, 3.63) is 42.5 Å². The molecule has 1 heterocycles. The summed E-state index contributed by atoms with van der Waals surface area (Å²) in [6, 6.07) is 12.8. The number of carbonyl (C=O) groups is 2. The first-order valence-corrected chi connectivity index (χ1v) is 9.59. The van der Waals surface area contributed by atoms with E-state index >= 15 is 0 Å². The largest absolute Gasteiger partial charge is 0.480 e. The molecule has 1 fully saturated rings. The molecule has 3 rings (SSSR count). The third-order valence-electron chi connectivity index (χ3n) is 5.19. The van der Waals surface area contributed by atoms with E-state index in [1.807, 2.05) is 42.5 Å². The van der Waals surface area contributed by atoms with Crippen molar-refractivity contribution >= 4 is 28.3 Å². The summed E-state index contributed by atoms with van der Waals surface area (Å²) in [7, 11) is 0. The number of anilines is 1. The van der Waals surface area contributed by atoms with Gasteiger partial charge in [-0.15, -0.1) is 0 Å². The lowest BCUT2D eigenvalue weighted by Gasteiger charge is -2.28. The molecule has 0 saturated carbocycles. The van der Waals surface area contributed by atoms with Gasteiger partial charge in [-0.2, -0.15) is 0 Å². The van der Waals surface area contributed by atoms with Gasteiger partial charge in [-0.1, -0.05) is 36.4 Å². The first-order valence-electron chi connectivity index (χ1n) is 9.59. The highest BCUT2D eigenvalue weighted by molar-refractivity contribution is 5.96. The third kappa shape index (κ3) is 4.39. The van der Waals surface area contributed by atoms with Crippen molar-refractivity contribution in [3.8, 4) is 0 Å². The first-order chi connectivity index (χ1) is 13.1. The molecule has 2 atom stereocenters. The Labute approximate surface area is 159 Å². The molecular formula is C21H27N3O3. The number of carboxylic acids is 1. The van der Waals surface area contributed by atoms with Crippen LogP contribution < -0.4 is 11.1 Å². The van der Waals surface area contributed by atoms with Crippen LogP contribution in [0.5, 0.6) is 0 Å². The van der Waals surface area contributed by atoms with E-state index in [0.717, 1.165) is 35.7 Å². The molecule has 0 radical (unpaired) electrons. The number of likely N-dealkylation sites (tertiary alicyclic amines) is 1. The second-order valence-corrected chi connectivity index (χ2v) is 7.04. The van der Waals surface area contributed by atoms with E-state index in [1.54, 1.807) is 0 Å². The molecule has 2 aromatic carbocycles. The number of carboxylic acid groups (broad SMARTS) is 1. The second kappa shape index (κ2) is 8.86. The van der Waals surface area contributed by atoms with E-state index in [2.05, 4.69) is 5.32 Å². The van der Waals surface area contributed by atoms with Gasteiger partial charge in [-0.3, -0.25) is 4.79 Å². The van der Waals surface area contributed by atoms with Crippen LogP contribution >= 0.6 is 0 Å². The number of hydrogen-bond acceptors (Lipinski definition) is 4. The fraction of sp³-hybridized carbons (Fsp3) is 0.429. The van der Waals surface area contributed by atoms with Crippen LogP contribution in [0, 0.1) is 0 Å². The standard InChI is InChI=1S/C21H27N3O3/c22-13-4-3-10-18(20(25)24-14-6-12-19(24)21(26)27)23-17-11-5-8-15-7-1-2-9-16(15)17/h1-2,5,7-9,11,18-19,23H,3-4,6,10,12-14,22H2,(H,26,27)/t18?,19-/m1/s1. The smallest absolute Gasteiger partial charge is 0.326 e. The Morgan fingerprint density at radius 1 is 1.19 bits per heavy atom. The molecule has 6 heteroatoms. The number of amides is 1. The lowest BCUT2D eigenvalue weighted by atomic mass is 10.0. The highest BCUT2D eigenvalue weighted by atomic mass is 16.4.